The van der Waals surface area contributed by atoms with Crippen LogP contribution in [0.25, 0.3) is 0 Å². The minimum absolute atomic E-state index is 0.114. The lowest BCUT2D eigenvalue weighted by Gasteiger charge is -2.28. The largest absolute Gasteiger partial charge is 0.454 e. The molecule has 3 fully saturated rings. The summed E-state index contributed by atoms with van der Waals surface area (Å²) < 4.78 is 6.03. The molecule has 6 atom stereocenters. The molecule has 0 aromatic heterocycles. The van der Waals surface area contributed by atoms with Crippen molar-refractivity contribution in [2.45, 2.75) is 16.1 Å². The summed E-state index contributed by atoms with van der Waals surface area (Å²) in [6.07, 6.45) is 0.852. The number of carbonyl (C=O) groups excluding carboxylic acids is 4. The zero-order chi connectivity index (χ0) is 23.4. The van der Waals surface area contributed by atoms with Crippen molar-refractivity contribution in [3.63, 3.8) is 0 Å². The maximum atomic E-state index is 13.2. The van der Waals surface area contributed by atoms with Gasteiger partial charge in [-0.15, -0.1) is 0 Å². The van der Waals surface area contributed by atoms with E-state index in [9.17, 15) is 19.2 Å². The van der Waals surface area contributed by atoms with Crippen LogP contribution in [-0.2, 0) is 14.3 Å². The molecule has 170 valence electrons. The predicted molar refractivity (Wildman–Crippen MR) is 132 cm³/mol. The first kappa shape index (κ1) is 22.9. The Bertz CT molecular complexity index is 1130. The molecule has 0 spiro atoms. The highest BCUT2D eigenvalue weighted by molar-refractivity contribution is 9.12. The van der Waals surface area contributed by atoms with Crippen molar-refractivity contribution in [3.05, 3.63) is 64.1 Å². The molecule has 1 saturated heterocycles. The summed E-state index contributed by atoms with van der Waals surface area (Å²) in [6.45, 7) is -0.404. The molecule has 9 heteroatoms. The molecule has 1 heterocycles. The third-order valence-corrected chi connectivity index (χ3v) is 10.6. The van der Waals surface area contributed by atoms with Crippen molar-refractivity contribution < 1.29 is 23.9 Å². The number of Topliss-reactive ketones (excluding diaryl/α,β-unsaturated/α-hetero) is 1. The van der Waals surface area contributed by atoms with E-state index >= 15 is 0 Å². The van der Waals surface area contributed by atoms with Gasteiger partial charge in [-0.3, -0.25) is 19.3 Å². The number of hydrogen-bond acceptors (Lipinski definition) is 5. The van der Waals surface area contributed by atoms with Crippen LogP contribution in [0.15, 0.2) is 53.0 Å². The lowest BCUT2D eigenvalue weighted by molar-refractivity contribution is -0.123. The number of hydrogen-bond donors (Lipinski definition) is 0. The Balaban J connectivity index is 1.31. The molecule has 3 aliphatic rings. The Morgan fingerprint density at radius 2 is 1.52 bits per heavy atom. The summed E-state index contributed by atoms with van der Waals surface area (Å²) in [5.41, 5.74) is 0.961. The normalized spacial score (nSPS) is 30.0. The molecule has 2 aromatic carbocycles. The molecule has 6 nitrogen and oxygen atoms in total. The average molecular weight is 640 g/mol. The molecule has 2 aromatic rings. The standard InChI is InChI=1S/C24H18Br3NO5/c25-13-6-4-11(5-7-13)17(29)10-33-24(32)12-2-1-3-14(8-12)28-22(30)18-15-9-16(19(18)23(28)31)21(27)20(15)26/h1-8,15-16,18-21H,9-10H2. The van der Waals surface area contributed by atoms with E-state index in [1.165, 1.54) is 17.0 Å². The number of halogens is 3. The van der Waals surface area contributed by atoms with Crippen molar-refractivity contribution in [3.8, 4) is 0 Å². The smallest absolute Gasteiger partial charge is 0.338 e. The summed E-state index contributed by atoms with van der Waals surface area (Å²) in [5, 5.41) is 0. The first-order chi connectivity index (χ1) is 15.8. The average Bonchev–Trinajstić information content (AvgIpc) is 3.42. The van der Waals surface area contributed by atoms with Crippen molar-refractivity contribution in [2.75, 3.05) is 11.5 Å². The Labute approximate surface area is 215 Å². The highest BCUT2D eigenvalue weighted by Crippen LogP contribution is 2.60. The number of rotatable bonds is 5. The van der Waals surface area contributed by atoms with Gasteiger partial charge in [0, 0.05) is 19.7 Å². The maximum Gasteiger partial charge on any atom is 0.338 e. The van der Waals surface area contributed by atoms with Crippen molar-refractivity contribution in [1.82, 2.24) is 0 Å². The van der Waals surface area contributed by atoms with E-state index in [0.29, 0.717) is 11.3 Å². The zero-order valence-corrected chi connectivity index (χ0v) is 21.9. The molecule has 0 N–H and O–H groups in total. The van der Waals surface area contributed by atoms with Gasteiger partial charge in [-0.25, -0.2) is 4.79 Å². The van der Waals surface area contributed by atoms with Crippen LogP contribution in [0.4, 0.5) is 5.69 Å². The van der Waals surface area contributed by atoms with Crippen LogP contribution in [0.2, 0.25) is 0 Å². The van der Waals surface area contributed by atoms with Crippen molar-refractivity contribution >= 4 is 77.0 Å². The Kier molecular flexibility index (Phi) is 6.07. The first-order valence-electron chi connectivity index (χ1n) is 10.5. The molecule has 5 rings (SSSR count). The van der Waals surface area contributed by atoms with E-state index in [4.69, 9.17) is 4.74 Å². The fraction of sp³-hybridized carbons (Fsp3) is 0.333. The molecule has 2 bridgehead atoms. The number of alkyl halides is 2. The zero-order valence-electron chi connectivity index (χ0n) is 17.1. The van der Waals surface area contributed by atoms with Crippen molar-refractivity contribution in [2.24, 2.45) is 23.7 Å². The fourth-order valence-corrected chi connectivity index (χ4v) is 7.45. The lowest BCUT2D eigenvalue weighted by atomic mass is 9.81. The number of nitrogens with zero attached hydrogens (tertiary/aromatic N) is 1. The second-order valence-electron chi connectivity index (χ2n) is 8.57. The van der Waals surface area contributed by atoms with E-state index in [0.717, 1.165) is 10.9 Å². The van der Waals surface area contributed by atoms with Crippen LogP contribution in [0.5, 0.6) is 0 Å². The second-order valence-corrected chi connectivity index (χ2v) is 11.6. The van der Waals surface area contributed by atoms with Crippen LogP contribution in [-0.4, -0.2) is 39.8 Å². The number of anilines is 1. The van der Waals surface area contributed by atoms with Crippen LogP contribution < -0.4 is 4.90 Å². The van der Waals surface area contributed by atoms with Gasteiger partial charge in [0.1, 0.15) is 0 Å². The number of fused-ring (bicyclic) bond motifs is 5. The summed E-state index contributed by atoms with van der Waals surface area (Å²) in [4.78, 5) is 52.8. The molecule has 2 aliphatic carbocycles. The summed E-state index contributed by atoms with van der Waals surface area (Å²) in [7, 11) is 0. The van der Waals surface area contributed by atoms with Gasteiger partial charge >= 0.3 is 5.97 Å². The van der Waals surface area contributed by atoms with Gasteiger partial charge in [-0.2, -0.15) is 0 Å². The van der Waals surface area contributed by atoms with E-state index in [2.05, 4.69) is 47.8 Å². The maximum absolute atomic E-state index is 13.2. The van der Waals surface area contributed by atoms with Crippen molar-refractivity contribution in [1.29, 1.82) is 0 Å². The number of amides is 2. The molecule has 6 unspecified atom stereocenters. The molecule has 0 radical (unpaired) electrons. The highest BCUT2D eigenvalue weighted by atomic mass is 79.9. The first-order valence-corrected chi connectivity index (χ1v) is 13.1. The monoisotopic (exact) mass is 637 g/mol. The van der Waals surface area contributed by atoms with Gasteiger partial charge in [-0.05, 0) is 48.6 Å². The van der Waals surface area contributed by atoms with Gasteiger partial charge < -0.3 is 4.74 Å². The SMILES string of the molecule is O=C(COC(=O)c1cccc(N2C(=O)C3C4CC(C(Br)C4Br)C3C2=O)c1)c1ccc(Br)cc1. The quantitative estimate of drug-likeness (QED) is 0.204. The Hall–Kier alpha value is -1.84. The summed E-state index contributed by atoms with van der Waals surface area (Å²) in [6, 6.07) is 13.0. The van der Waals surface area contributed by atoms with Gasteiger partial charge in [0.05, 0.1) is 23.1 Å². The number of esters is 1. The fourth-order valence-electron chi connectivity index (χ4n) is 5.31. The number of benzene rings is 2. The summed E-state index contributed by atoms with van der Waals surface area (Å²) in [5.74, 6) is -1.88. The number of imide groups is 1. The van der Waals surface area contributed by atoms with Crippen LogP contribution in [0.1, 0.15) is 27.1 Å². The van der Waals surface area contributed by atoms with Crippen LogP contribution in [0, 0.1) is 23.7 Å². The van der Waals surface area contributed by atoms with Gasteiger partial charge in [0.25, 0.3) is 0 Å². The number of carbonyl (C=O) groups is 4. The summed E-state index contributed by atoms with van der Waals surface area (Å²) >= 11 is 10.7. The minimum Gasteiger partial charge on any atom is -0.454 e. The van der Waals surface area contributed by atoms with Gasteiger partial charge in [-0.1, -0.05) is 66.0 Å². The highest BCUT2D eigenvalue weighted by Gasteiger charge is 2.66. The van der Waals surface area contributed by atoms with E-state index in [1.807, 2.05) is 0 Å². The molecular formula is C24H18Br3NO5. The lowest BCUT2D eigenvalue weighted by Crippen LogP contribution is -2.37. The van der Waals surface area contributed by atoms with Crippen LogP contribution in [0.3, 0.4) is 0 Å². The minimum atomic E-state index is -0.692. The third kappa shape index (κ3) is 3.82. The molecule has 2 saturated carbocycles. The molecule has 1 aliphatic heterocycles. The molecule has 2 amide bonds. The van der Waals surface area contributed by atoms with Crippen LogP contribution >= 0.6 is 47.8 Å². The third-order valence-electron chi connectivity index (χ3n) is 6.83. The second kappa shape index (κ2) is 8.74. The molecule has 33 heavy (non-hydrogen) atoms. The Morgan fingerprint density at radius 3 is 2.12 bits per heavy atom. The van der Waals surface area contributed by atoms with E-state index < -0.39 is 12.6 Å². The van der Waals surface area contributed by atoms with Gasteiger partial charge in [0.15, 0.2) is 12.4 Å². The van der Waals surface area contributed by atoms with E-state index in [1.54, 1.807) is 36.4 Å². The van der Waals surface area contributed by atoms with E-state index in [-0.39, 0.29) is 56.5 Å². The number of ketones is 1. The Morgan fingerprint density at radius 1 is 0.909 bits per heavy atom. The molecular weight excluding hydrogens is 622 g/mol. The number of ether oxygens (including phenoxy) is 1. The predicted octanol–water partition coefficient (Wildman–Crippen LogP) is 4.77. The topological polar surface area (TPSA) is 80.8 Å². The van der Waals surface area contributed by atoms with Gasteiger partial charge in [0.2, 0.25) is 11.8 Å².